The molecule has 130 valence electrons. The average molecular weight is 343 g/mol. The summed E-state index contributed by atoms with van der Waals surface area (Å²) in [5.41, 5.74) is 2.66. The molecule has 0 atom stereocenters. The van der Waals surface area contributed by atoms with E-state index in [0.29, 0.717) is 0 Å². The third-order valence-corrected chi connectivity index (χ3v) is 4.32. The molecule has 0 N–H and O–H groups in total. The molecule has 1 fully saturated rings. The van der Waals surface area contributed by atoms with Crippen LogP contribution >= 0.6 is 12.6 Å². The first kappa shape index (κ1) is 18.9. The lowest BCUT2D eigenvalue weighted by Gasteiger charge is -2.36. The van der Waals surface area contributed by atoms with E-state index in [0.717, 1.165) is 43.5 Å². The van der Waals surface area contributed by atoms with Gasteiger partial charge in [-0.05, 0) is 29.7 Å². The van der Waals surface area contributed by atoms with Gasteiger partial charge in [-0.25, -0.2) is 0 Å². The lowest BCUT2D eigenvalue weighted by Crippen LogP contribution is -2.46. The number of hydrogen-bond acceptors (Lipinski definition) is 3. The smallest absolute Gasteiger partial charge is 0.0367 e. The second kappa shape index (κ2) is 9.75. The van der Waals surface area contributed by atoms with Gasteiger partial charge in [0.15, 0.2) is 0 Å². The minimum absolute atomic E-state index is 0.833. The van der Waals surface area contributed by atoms with Crippen molar-refractivity contribution in [3.63, 3.8) is 0 Å². The van der Waals surface area contributed by atoms with Gasteiger partial charge in [0.05, 0.1) is 0 Å². The summed E-state index contributed by atoms with van der Waals surface area (Å²) in [6.45, 7) is 11.9. The van der Waals surface area contributed by atoms with Gasteiger partial charge in [-0.3, -0.25) is 4.90 Å². The summed E-state index contributed by atoms with van der Waals surface area (Å²) in [7, 11) is 0. The number of anilines is 1. The van der Waals surface area contributed by atoms with Gasteiger partial charge in [-0.15, -0.1) is 12.6 Å². The van der Waals surface area contributed by atoms with Gasteiger partial charge in [-0.2, -0.15) is 0 Å². The molecule has 0 unspecified atom stereocenters. The van der Waals surface area contributed by atoms with Crippen molar-refractivity contribution >= 4 is 18.3 Å². The summed E-state index contributed by atoms with van der Waals surface area (Å²) in [5, 5.41) is 0. The van der Waals surface area contributed by atoms with E-state index in [-0.39, 0.29) is 0 Å². The maximum Gasteiger partial charge on any atom is 0.0367 e. The lowest BCUT2D eigenvalue weighted by molar-refractivity contribution is 0.248. The molecule has 2 aromatic carbocycles. The van der Waals surface area contributed by atoms with Crippen LogP contribution in [-0.2, 0) is 6.54 Å². The van der Waals surface area contributed by atoms with E-state index >= 15 is 0 Å². The Kier molecular flexibility index (Phi) is 7.67. The highest BCUT2D eigenvalue weighted by molar-refractivity contribution is 7.80. The first-order valence-electron chi connectivity index (χ1n) is 8.85. The summed E-state index contributed by atoms with van der Waals surface area (Å²) in [4.78, 5) is 6.07. The first-order valence-corrected chi connectivity index (χ1v) is 9.30. The van der Waals surface area contributed by atoms with Crippen molar-refractivity contribution in [2.24, 2.45) is 5.92 Å². The highest BCUT2D eigenvalue weighted by atomic mass is 32.1. The molecule has 2 aromatic rings. The third kappa shape index (κ3) is 6.21. The van der Waals surface area contributed by atoms with Crippen molar-refractivity contribution in [1.29, 1.82) is 0 Å². The molecule has 0 aliphatic carbocycles. The van der Waals surface area contributed by atoms with Gasteiger partial charge in [0.1, 0.15) is 0 Å². The van der Waals surface area contributed by atoms with Crippen molar-refractivity contribution in [3.05, 3.63) is 60.2 Å². The zero-order valence-electron chi connectivity index (χ0n) is 15.2. The monoisotopic (exact) mass is 342 g/mol. The molecule has 0 saturated carbocycles. The summed E-state index contributed by atoms with van der Waals surface area (Å²) >= 11 is 4.54. The van der Waals surface area contributed by atoms with Crippen LogP contribution in [0.15, 0.2) is 59.5 Å². The molecule has 1 aliphatic rings. The van der Waals surface area contributed by atoms with Crippen LogP contribution in [0.3, 0.4) is 0 Å². The number of nitrogens with zero attached hydrogens (tertiary/aromatic N) is 2. The molecule has 3 rings (SSSR count). The predicted molar refractivity (Wildman–Crippen MR) is 108 cm³/mol. The first-order chi connectivity index (χ1) is 11.6. The van der Waals surface area contributed by atoms with Crippen molar-refractivity contribution < 1.29 is 0 Å². The van der Waals surface area contributed by atoms with Crippen molar-refractivity contribution in [1.82, 2.24) is 4.90 Å². The average Bonchev–Trinajstić information content (AvgIpc) is 2.58. The van der Waals surface area contributed by atoms with Crippen molar-refractivity contribution in [2.75, 3.05) is 31.1 Å². The molecule has 1 heterocycles. The molecule has 24 heavy (non-hydrogen) atoms. The number of rotatable bonds is 3. The van der Waals surface area contributed by atoms with Crippen molar-refractivity contribution in [2.45, 2.75) is 32.2 Å². The number of thiol groups is 1. The minimum atomic E-state index is 0.833. The minimum Gasteiger partial charge on any atom is -0.369 e. The zero-order chi connectivity index (χ0) is 17.4. The third-order valence-electron chi connectivity index (χ3n) is 3.88. The van der Waals surface area contributed by atoms with E-state index in [1.54, 1.807) is 0 Å². The zero-order valence-corrected chi connectivity index (χ0v) is 16.0. The fraction of sp³-hybridized carbons (Fsp3) is 0.429. The van der Waals surface area contributed by atoms with E-state index in [1.165, 1.54) is 11.3 Å². The van der Waals surface area contributed by atoms with Gasteiger partial charge in [-0.1, -0.05) is 57.2 Å². The molecular weight excluding hydrogens is 312 g/mol. The molecule has 0 amide bonds. The Morgan fingerprint density at radius 2 is 1.38 bits per heavy atom. The summed E-state index contributed by atoms with van der Waals surface area (Å²) < 4.78 is 0. The van der Waals surface area contributed by atoms with Crippen LogP contribution in [0.1, 0.15) is 26.3 Å². The molecule has 1 aliphatic heterocycles. The van der Waals surface area contributed by atoms with Crippen LogP contribution in [0.25, 0.3) is 0 Å². The maximum atomic E-state index is 4.54. The van der Waals surface area contributed by atoms with E-state index in [2.05, 4.69) is 91.7 Å². The Bertz CT molecular complexity index is 587. The van der Waals surface area contributed by atoms with E-state index < -0.39 is 0 Å². The van der Waals surface area contributed by atoms with Gasteiger partial charge < -0.3 is 4.90 Å². The summed E-state index contributed by atoms with van der Waals surface area (Å²) in [6.07, 6.45) is 0. The number of benzene rings is 2. The highest BCUT2D eigenvalue weighted by Gasteiger charge is 2.17. The Morgan fingerprint density at radius 1 is 0.833 bits per heavy atom. The van der Waals surface area contributed by atoms with E-state index in [9.17, 15) is 0 Å². The molecule has 0 aromatic heterocycles. The SMILES string of the molecule is CC(C)C.Sc1ccccc1CN1CCN(c2ccccc2)CC1. The maximum absolute atomic E-state index is 4.54. The van der Waals surface area contributed by atoms with E-state index in [4.69, 9.17) is 0 Å². The van der Waals surface area contributed by atoms with Crippen molar-refractivity contribution in [3.8, 4) is 0 Å². The normalized spacial score (nSPS) is 15.1. The number of hydrogen-bond donors (Lipinski definition) is 1. The molecule has 2 nitrogen and oxygen atoms in total. The topological polar surface area (TPSA) is 6.48 Å². The van der Waals surface area contributed by atoms with Crippen LogP contribution in [0.5, 0.6) is 0 Å². The fourth-order valence-electron chi connectivity index (χ4n) is 2.69. The Morgan fingerprint density at radius 3 is 1.96 bits per heavy atom. The Balaban J connectivity index is 0.000000471. The van der Waals surface area contributed by atoms with Gasteiger partial charge >= 0.3 is 0 Å². The highest BCUT2D eigenvalue weighted by Crippen LogP contribution is 2.19. The van der Waals surface area contributed by atoms with Gasteiger partial charge in [0.25, 0.3) is 0 Å². The molecule has 0 bridgehead atoms. The molecule has 0 radical (unpaired) electrons. The number of piperazine rings is 1. The number of para-hydroxylation sites is 1. The standard InChI is InChI=1S/C17H20N2S.C4H10/c20-17-9-5-4-6-15(17)14-18-10-12-19(13-11-18)16-7-2-1-3-8-16;1-4(2)3/h1-9,20H,10-14H2;4H,1-3H3. The largest absolute Gasteiger partial charge is 0.369 e. The quantitative estimate of drug-likeness (QED) is 0.788. The van der Waals surface area contributed by atoms with Crippen LogP contribution in [0.2, 0.25) is 0 Å². The second-order valence-corrected chi connectivity index (χ2v) is 7.44. The Hall–Kier alpha value is -1.45. The molecule has 3 heteroatoms. The summed E-state index contributed by atoms with van der Waals surface area (Å²) in [6, 6.07) is 19.1. The van der Waals surface area contributed by atoms with Crippen LogP contribution in [0.4, 0.5) is 5.69 Å². The van der Waals surface area contributed by atoms with Gasteiger partial charge in [0, 0.05) is 43.3 Å². The van der Waals surface area contributed by atoms with Crippen LogP contribution in [-0.4, -0.2) is 31.1 Å². The van der Waals surface area contributed by atoms with Crippen LogP contribution in [0, 0.1) is 5.92 Å². The van der Waals surface area contributed by atoms with E-state index in [1.807, 2.05) is 6.07 Å². The predicted octanol–water partition coefficient (Wildman–Crippen LogP) is 4.96. The molecular formula is C21H30N2S. The lowest BCUT2D eigenvalue weighted by atomic mass is 10.2. The Labute approximate surface area is 152 Å². The fourth-order valence-corrected chi connectivity index (χ4v) is 2.92. The van der Waals surface area contributed by atoms with Gasteiger partial charge in [0.2, 0.25) is 0 Å². The second-order valence-electron chi connectivity index (χ2n) is 6.96. The summed E-state index contributed by atoms with van der Waals surface area (Å²) in [5.74, 6) is 0.833. The van der Waals surface area contributed by atoms with Crippen LogP contribution < -0.4 is 4.90 Å². The molecule has 0 spiro atoms. The molecule has 1 saturated heterocycles.